The molecule has 1 saturated heterocycles. The van der Waals surface area contributed by atoms with E-state index in [2.05, 4.69) is 20.8 Å². The molecule has 1 N–H and O–H groups in total. The van der Waals surface area contributed by atoms with Crippen LogP contribution >= 0.6 is 0 Å². The second kappa shape index (κ2) is 8.37. The molecule has 3 aliphatic carbocycles. The number of amides is 1. The fourth-order valence-electron chi connectivity index (χ4n) is 8.77. The molecule has 0 aromatic rings. The van der Waals surface area contributed by atoms with Gasteiger partial charge in [-0.3, -0.25) is 9.59 Å². The molecular weight excluding hydrogens is 386 g/mol. The van der Waals surface area contributed by atoms with Crippen molar-refractivity contribution in [2.45, 2.75) is 130 Å². The quantitative estimate of drug-likeness (QED) is 0.535. The fraction of sp³-hybridized carbons (Fsp3) is 0.926. The van der Waals surface area contributed by atoms with Crippen molar-refractivity contribution in [3.63, 3.8) is 0 Å². The van der Waals surface area contributed by atoms with E-state index in [1.54, 1.807) is 0 Å². The number of hydrogen-bond donors (Lipinski definition) is 1. The van der Waals surface area contributed by atoms with Crippen molar-refractivity contribution in [2.75, 3.05) is 6.54 Å². The summed E-state index contributed by atoms with van der Waals surface area (Å²) in [5, 5.41) is 9.82. The van der Waals surface area contributed by atoms with Gasteiger partial charge in [-0.05, 0) is 61.2 Å². The minimum atomic E-state index is -0.851. The number of rotatable bonds is 5. The molecule has 0 spiro atoms. The molecular formula is C27H45NO3. The third kappa shape index (κ3) is 3.64. The van der Waals surface area contributed by atoms with E-state index in [1.165, 1.54) is 57.8 Å². The maximum Gasteiger partial charge on any atom is 0.323 e. The first-order valence-electron chi connectivity index (χ1n) is 13.2. The van der Waals surface area contributed by atoms with Gasteiger partial charge in [0.05, 0.1) is 5.41 Å². The Morgan fingerprint density at radius 1 is 0.806 bits per heavy atom. The van der Waals surface area contributed by atoms with E-state index < -0.39 is 11.4 Å². The Hall–Kier alpha value is -1.06. The summed E-state index contributed by atoms with van der Waals surface area (Å²) in [6.07, 6.45) is 18.7. The molecule has 31 heavy (non-hydrogen) atoms. The Morgan fingerprint density at radius 2 is 1.23 bits per heavy atom. The number of carbonyl (C=O) groups excluding carboxylic acids is 1. The number of aliphatic carboxylic acids is 1. The van der Waals surface area contributed by atoms with Gasteiger partial charge >= 0.3 is 5.97 Å². The third-order valence-corrected chi connectivity index (χ3v) is 10.6. The van der Waals surface area contributed by atoms with Crippen LogP contribution in [0.5, 0.6) is 0 Å². The van der Waals surface area contributed by atoms with Crippen molar-refractivity contribution < 1.29 is 14.7 Å². The number of nitrogens with zero attached hydrogens (tertiary/aromatic N) is 1. The molecule has 3 saturated carbocycles. The van der Waals surface area contributed by atoms with Crippen LogP contribution in [-0.2, 0) is 9.59 Å². The van der Waals surface area contributed by atoms with Gasteiger partial charge in [0.2, 0.25) is 5.91 Å². The second-order valence-corrected chi connectivity index (χ2v) is 12.4. The standard InChI is InChI=1S/C27H45NO3/c1-24(13-7-4-8-14-24)21-19-27(23(31)28(21)20-22(29)30,25(2)15-9-5-10-16-25)26(3)17-11-6-12-18-26/h21H,4-20H2,1-3H3,(H,29,30). The number of likely N-dealkylation sites (tertiary alicyclic amines) is 1. The van der Waals surface area contributed by atoms with Crippen LogP contribution in [0.2, 0.25) is 0 Å². The first-order chi connectivity index (χ1) is 14.7. The van der Waals surface area contributed by atoms with Crippen LogP contribution in [0.15, 0.2) is 0 Å². The predicted octanol–water partition coefficient (Wildman–Crippen LogP) is 6.57. The lowest BCUT2D eigenvalue weighted by atomic mass is 9.44. The average molecular weight is 432 g/mol. The zero-order chi connectivity index (χ0) is 22.3. The maximum absolute atomic E-state index is 14.6. The summed E-state index contributed by atoms with van der Waals surface area (Å²) in [4.78, 5) is 28.5. The van der Waals surface area contributed by atoms with E-state index >= 15 is 0 Å². The summed E-state index contributed by atoms with van der Waals surface area (Å²) in [6, 6.07) is 0.0777. The van der Waals surface area contributed by atoms with Crippen molar-refractivity contribution in [2.24, 2.45) is 21.7 Å². The Labute approximate surface area is 189 Å². The van der Waals surface area contributed by atoms with E-state index in [1.807, 2.05) is 4.90 Å². The summed E-state index contributed by atoms with van der Waals surface area (Å²) in [7, 11) is 0. The Balaban J connectivity index is 1.83. The molecule has 0 aromatic carbocycles. The van der Waals surface area contributed by atoms with Crippen LogP contribution in [-0.4, -0.2) is 34.5 Å². The summed E-state index contributed by atoms with van der Waals surface area (Å²) in [5.74, 6) is -0.642. The van der Waals surface area contributed by atoms with Crippen molar-refractivity contribution in [3.8, 4) is 0 Å². The zero-order valence-corrected chi connectivity index (χ0v) is 20.3. The fourth-order valence-corrected chi connectivity index (χ4v) is 8.77. The van der Waals surface area contributed by atoms with Crippen LogP contribution in [0.3, 0.4) is 0 Å². The summed E-state index contributed by atoms with van der Waals surface area (Å²) < 4.78 is 0. The Kier molecular flexibility index (Phi) is 6.24. The zero-order valence-electron chi connectivity index (χ0n) is 20.3. The molecule has 4 fully saturated rings. The van der Waals surface area contributed by atoms with E-state index in [0.717, 1.165) is 44.9 Å². The topological polar surface area (TPSA) is 57.6 Å². The van der Waals surface area contributed by atoms with E-state index in [9.17, 15) is 14.7 Å². The summed E-state index contributed by atoms with van der Waals surface area (Å²) >= 11 is 0. The van der Waals surface area contributed by atoms with Crippen LogP contribution < -0.4 is 0 Å². The van der Waals surface area contributed by atoms with Crippen LogP contribution in [0.1, 0.15) is 124 Å². The smallest absolute Gasteiger partial charge is 0.323 e. The SMILES string of the molecule is CC1(C2CC(C3(C)CCCCC3)(C3(C)CCCCC3)C(=O)N2CC(=O)O)CCCCC1. The maximum atomic E-state index is 14.6. The summed E-state index contributed by atoms with van der Waals surface area (Å²) in [6.45, 7) is 7.07. The highest BCUT2D eigenvalue weighted by atomic mass is 16.4. The number of carboxylic acids is 1. The molecule has 4 nitrogen and oxygen atoms in total. The minimum Gasteiger partial charge on any atom is -0.480 e. The molecule has 1 heterocycles. The summed E-state index contributed by atoms with van der Waals surface area (Å²) in [5.41, 5.74) is -0.363. The highest BCUT2D eigenvalue weighted by Gasteiger charge is 2.69. The first-order valence-corrected chi connectivity index (χ1v) is 13.2. The van der Waals surface area contributed by atoms with Gasteiger partial charge in [-0.25, -0.2) is 0 Å². The molecule has 1 aliphatic heterocycles. The molecule has 4 rings (SSSR count). The lowest BCUT2D eigenvalue weighted by Crippen LogP contribution is -2.57. The molecule has 176 valence electrons. The molecule has 0 aromatic heterocycles. The lowest BCUT2D eigenvalue weighted by Gasteiger charge is -2.58. The molecule has 0 radical (unpaired) electrons. The number of carbonyl (C=O) groups is 2. The van der Waals surface area contributed by atoms with E-state index in [0.29, 0.717) is 0 Å². The van der Waals surface area contributed by atoms with Crippen LogP contribution in [0.25, 0.3) is 0 Å². The highest BCUT2D eigenvalue weighted by Crippen LogP contribution is 2.69. The van der Waals surface area contributed by atoms with Crippen LogP contribution in [0.4, 0.5) is 0 Å². The van der Waals surface area contributed by atoms with Gasteiger partial charge < -0.3 is 10.0 Å². The number of hydrogen-bond acceptors (Lipinski definition) is 2. The largest absolute Gasteiger partial charge is 0.480 e. The minimum absolute atomic E-state index is 0.00897. The van der Waals surface area contributed by atoms with Crippen molar-refractivity contribution >= 4 is 11.9 Å². The Bertz CT molecular complexity index is 657. The normalized spacial score (nSPS) is 32.0. The third-order valence-electron chi connectivity index (χ3n) is 10.6. The molecule has 4 aliphatic rings. The van der Waals surface area contributed by atoms with Gasteiger partial charge in [0.1, 0.15) is 6.54 Å². The van der Waals surface area contributed by atoms with E-state index in [4.69, 9.17) is 0 Å². The van der Waals surface area contributed by atoms with Crippen molar-refractivity contribution in [3.05, 3.63) is 0 Å². The van der Waals surface area contributed by atoms with Gasteiger partial charge in [-0.2, -0.15) is 0 Å². The van der Waals surface area contributed by atoms with Crippen LogP contribution in [0, 0.1) is 21.7 Å². The van der Waals surface area contributed by atoms with Gasteiger partial charge in [0.15, 0.2) is 0 Å². The highest BCUT2D eigenvalue weighted by molar-refractivity contribution is 5.90. The first kappa shape index (κ1) is 23.1. The average Bonchev–Trinajstić information content (AvgIpc) is 3.04. The van der Waals surface area contributed by atoms with Crippen molar-refractivity contribution in [1.82, 2.24) is 4.90 Å². The Morgan fingerprint density at radius 3 is 1.65 bits per heavy atom. The predicted molar refractivity (Wildman–Crippen MR) is 124 cm³/mol. The van der Waals surface area contributed by atoms with E-state index in [-0.39, 0.29) is 34.7 Å². The van der Waals surface area contributed by atoms with Gasteiger partial charge in [-0.1, -0.05) is 78.6 Å². The molecule has 1 amide bonds. The van der Waals surface area contributed by atoms with Gasteiger partial charge in [0, 0.05) is 6.04 Å². The molecule has 0 bridgehead atoms. The molecule has 1 atom stereocenters. The molecule has 4 heteroatoms. The van der Waals surface area contributed by atoms with Crippen molar-refractivity contribution in [1.29, 1.82) is 0 Å². The van der Waals surface area contributed by atoms with Gasteiger partial charge in [0.25, 0.3) is 0 Å². The van der Waals surface area contributed by atoms with Gasteiger partial charge in [-0.15, -0.1) is 0 Å². The molecule has 1 unspecified atom stereocenters. The number of carboxylic acid groups (broad SMARTS) is 1. The second-order valence-electron chi connectivity index (χ2n) is 12.4. The lowest BCUT2D eigenvalue weighted by molar-refractivity contribution is -0.165. The monoisotopic (exact) mass is 431 g/mol.